The number of benzene rings is 1. The van der Waals surface area contributed by atoms with Gasteiger partial charge in [0.1, 0.15) is 0 Å². The second kappa shape index (κ2) is 7.06. The van der Waals surface area contributed by atoms with Gasteiger partial charge in [-0.3, -0.25) is 4.79 Å². The first-order chi connectivity index (χ1) is 10.7. The van der Waals surface area contributed by atoms with Crippen LogP contribution >= 0.6 is 0 Å². The summed E-state index contributed by atoms with van der Waals surface area (Å²) in [4.78, 5) is 11.7. The second-order valence-electron chi connectivity index (χ2n) is 7.21. The van der Waals surface area contributed by atoms with Crippen molar-refractivity contribution in [1.82, 2.24) is 5.32 Å². The monoisotopic (exact) mass is 317 g/mol. The molecule has 0 aromatic heterocycles. The van der Waals surface area contributed by atoms with Gasteiger partial charge >= 0.3 is 7.12 Å². The third kappa shape index (κ3) is 4.36. The maximum absolute atomic E-state index is 11.7. The van der Waals surface area contributed by atoms with Crippen LogP contribution < -0.4 is 10.8 Å². The first kappa shape index (κ1) is 18.0. The van der Waals surface area contributed by atoms with E-state index in [4.69, 9.17) is 9.31 Å². The maximum Gasteiger partial charge on any atom is 0.494 e. The van der Waals surface area contributed by atoms with Crippen LogP contribution in [-0.2, 0) is 20.6 Å². The lowest BCUT2D eigenvalue weighted by atomic mass is 9.78. The van der Waals surface area contributed by atoms with Gasteiger partial charge in [-0.1, -0.05) is 37.6 Å². The van der Waals surface area contributed by atoms with E-state index in [1.165, 1.54) is 0 Å². The van der Waals surface area contributed by atoms with E-state index in [9.17, 15) is 4.79 Å². The van der Waals surface area contributed by atoms with Gasteiger partial charge in [0.2, 0.25) is 5.91 Å². The molecule has 0 radical (unpaired) electrons. The maximum atomic E-state index is 11.7. The summed E-state index contributed by atoms with van der Waals surface area (Å²) in [6, 6.07) is 8.04. The number of carbonyl (C=O) groups is 1. The highest BCUT2D eigenvalue weighted by Gasteiger charge is 2.51. The van der Waals surface area contributed by atoms with Crippen LogP contribution in [0.4, 0.5) is 0 Å². The highest BCUT2D eigenvalue weighted by molar-refractivity contribution is 6.62. The predicted molar refractivity (Wildman–Crippen MR) is 93.5 cm³/mol. The topological polar surface area (TPSA) is 47.6 Å². The molecule has 0 spiro atoms. The summed E-state index contributed by atoms with van der Waals surface area (Å²) in [6.07, 6.45) is 2.55. The molecular formula is C18H28BNO3. The molecule has 1 aliphatic heterocycles. The molecule has 4 nitrogen and oxygen atoms in total. The van der Waals surface area contributed by atoms with Crippen molar-refractivity contribution in [3.8, 4) is 0 Å². The lowest BCUT2D eigenvalue weighted by Gasteiger charge is -2.32. The summed E-state index contributed by atoms with van der Waals surface area (Å²) in [7, 11) is -0.365. The van der Waals surface area contributed by atoms with Gasteiger partial charge in [0.05, 0.1) is 11.2 Å². The summed E-state index contributed by atoms with van der Waals surface area (Å²) in [5, 5.41) is 2.96. The summed E-state index contributed by atoms with van der Waals surface area (Å²) in [5.41, 5.74) is 1.36. The summed E-state index contributed by atoms with van der Waals surface area (Å²) in [6.45, 7) is 10.8. The van der Waals surface area contributed by atoms with Gasteiger partial charge in [-0.25, -0.2) is 0 Å². The molecule has 2 rings (SSSR count). The van der Waals surface area contributed by atoms with Crippen LogP contribution in [0.5, 0.6) is 0 Å². The Labute approximate surface area is 140 Å². The zero-order chi connectivity index (χ0) is 17.1. The van der Waals surface area contributed by atoms with Crippen LogP contribution in [0, 0.1) is 0 Å². The molecular weight excluding hydrogens is 289 g/mol. The molecule has 0 saturated carbocycles. The van der Waals surface area contributed by atoms with Crippen LogP contribution in [0.25, 0.3) is 0 Å². The van der Waals surface area contributed by atoms with Crippen LogP contribution in [-0.4, -0.2) is 24.2 Å². The Hall–Kier alpha value is -1.33. The predicted octanol–water partition coefficient (Wildman–Crippen LogP) is 2.79. The molecule has 23 heavy (non-hydrogen) atoms. The Morgan fingerprint density at radius 3 is 2.43 bits per heavy atom. The SMILES string of the molecule is CCCCC(=O)NCc1cccc(B2OC(C)(C)C(C)(C)O2)c1. The van der Waals surface area contributed by atoms with E-state index < -0.39 is 0 Å². The number of hydrogen-bond donors (Lipinski definition) is 1. The van der Waals surface area contributed by atoms with Gasteiger partial charge in [-0.05, 0) is 45.1 Å². The number of carbonyl (C=O) groups excluding carboxylic acids is 1. The summed E-state index contributed by atoms with van der Waals surface area (Å²) >= 11 is 0. The van der Waals surface area contributed by atoms with Crippen LogP contribution in [0.1, 0.15) is 59.4 Å². The smallest absolute Gasteiger partial charge is 0.399 e. The average Bonchev–Trinajstić information content (AvgIpc) is 2.71. The normalized spacial score (nSPS) is 18.9. The van der Waals surface area contributed by atoms with E-state index >= 15 is 0 Å². The fourth-order valence-electron chi connectivity index (χ4n) is 2.46. The number of amides is 1. The van der Waals surface area contributed by atoms with E-state index in [0.29, 0.717) is 13.0 Å². The minimum Gasteiger partial charge on any atom is -0.399 e. The molecule has 1 aromatic rings. The van der Waals surface area contributed by atoms with E-state index in [-0.39, 0.29) is 24.2 Å². The molecule has 0 atom stereocenters. The van der Waals surface area contributed by atoms with Crippen LogP contribution in [0.2, 0.25) is 0 Å². The van der Waals surface area contributed by atoms with Crippen molar-refractivity contribution in [3.63, 3.8) is 0 Å². The average molecular weight is 317 g/mol. The minimum atomic E-state index is -0.365. The van der Waals surface area contributed by atoms with Crippen molar-refractivity contribution >= 4 is 18.5 Å². The first-order valence-electron chi connectivity index (χ1n) is 8.46. The van der Waals surface area contributed by atoms with E-state index in [1.807, 2.05) is 52.0 Å². The van der Waals surface area contributed by atoms with Crippen molar-refractivity contribution in [1.29, 1.82) is 0 Å². The third-order valence-corrected chi connectivity index (χ3v) is 4.72. The fourth-order valence-corrected chi connectivity index (χ4v) is 2.46. The quantitative estimate of drug-likeness (QED) is 0.821. The van der Waals surface area contributed by atoms with Gasteiger partial charge in [-0.2, -0.15) is 0 Å². The van der Waals surface area contributed by atoms with Gasteiger partial charge in [0.25, 0.3) is 0 Å². The number of nitrogens with one attached hydrogen (secondary N) is 1. The molecule has 1 amide bonds. The molecule has 1 saturated heterocycles. The highest BCUT2D eigenvalue weighted by atomic mass is 16.7. The Balaban J connectivity index is 1.99. The zero-order valence-electron chi connectivity index (χ0n) is 14.9. The molecule has 1 fully saturated rings. The number of hydrogen-bond acceptors (Lipinski definition) is 3. The van der Waals surface area contributed by atoms with Crippen LogP contribution in [0.3, 0.4) is 0 Å². The molecule has 0 aliphatic carbocycles. The van der Waals surface area contributed by atoms with Crippen molar-refractivity contribution in [2.75, 3.05) is 0 Å². The first-order valence-corrected chi connectivity index (χ1v) is 8.46. The van der Waals surface area contributed by atoms with Gasteiger partial charge in [0, 0.05) is 13.0 Å². The number of unbranched alkanes of at least 4 members (excludes halogenated alkanes) is 1. The van der Waals surface area contributed by atoms with Crippen molar-refractivity contribution in [2.45, 2.75) is 71.6 Å². The van der Waals surface area contributed by atoms with Crippen molar-refractivity contribution in [2.24, 2.45) is 0 Å². The largest absolute Gasteiger partial charge is 0.494 e. The van der Waals surface area contributed by atoms with Gasteiger partial charge < -0.3 is 14.6 Å². The molecule has 1 heterocycles. The standard InChI is InChI=1S/C18H28BNO3/c1-6-7-11-16(21)20-13-14-9-8-10-15(12-14)19-22-17(2,3)18(4,5)23-19/h8-10,12H,6-7,11,13H2,1-5H3,(H,20,21). The molecule has 0 bridgehead atoms. The molecule has 1 N–H and O–H groups in total. The lowest BCUT2D eigenvalue weighted by molar-refractivity contribution is -0.121. The zero-order valence-corrected chi connectivity index (χ0v) is 14.9. The third-order valence-electron chi connectivity index (χ3n) is 4.72. The second-order valence-corrected chi connectivity index (χ2v) is 7.21. The highest BCUT2D eigenvalue weighted by Crippen LogP contribution is 2.36. The minimum absolute atomic E-state index is 0.105. The Bertz CT molecular complexity index is 541. The van der Waals surface area contributed by atoms with Gasteiger partial charge in [-0.15, -0.1) is 0 Å². The van der Waals surface area contributed by atoms with E-state index in [2.05, 4.69) is 12.2 Å². The molecule has 1 aliphatic rings. The molecule has 5 heteroatoms. The van der Waals surface area contributed by atoms with Crippen molar-refractivity contribution in [3.05, 3.63) is 29.8 Å². The summed E-state index contributed by atoms with van der Waals surface area (Å²) < 4.78 is 12.1. The fraction of sp³-hybridized carbons (Fsp3) is 0.611. The van der Waals surface area contributed by atoms with Crippen molar-refractivity contribution < 1.29 is 14.1 Å². The molecule has 126 valence electrons. The Morgan fingerprint density at radius 1 is 1.17 bits per heavy atom. The van der Waals surface area contributed by atoms with E-state index in [0.717, 1.165) is 23.9 Å². The summed E-state index contributed by atoms with van der Waals surface area (Å²) in [5.74, 6) is 0.105. The van der Waals surface area contributed by atoms with Gasteiger partial charge in [0.15, 0.2) is 0 Å². The Kier molecular flexibility index (Phi) is 5.53. The molecule has 1 aromatic carbocycles. The molecule has 0 unspecified atom stereocenters. The lowest BCUT2D eigenvalue weighted by Crippen LogP contribution is -2.41. The number of rotatable bonds is 6. The van der Waals surface area contributed by atoms with Crippen LogP contribution in [0.15, 0.2) is 24.3 Å². The Morgan fingerprint density at radius 2 is 1.83 bits per heavy atom. The van der Waals surface area contributed by atoms with E-state index in [1.54, 1.807) is 0 Å².